The summed E-state index contributed by atoms with van der Waals surface area (Å²) in [6.45, 7) is 3.98. The smallest absolute Gasteiger partial charge is 0.292 e. The molecular formula is C20H18N6O3S. The molecule has 0 atom stereocenters. The molecule has 0 saturated carbocycles. The molecule has 4 aromatic rings. The second kappa shape index (κ2) is 7.91. The Morgan fingerprint density at radius 2 is 2.03 bits per heavy atom. The summed E-state index contributed by atoms with van der Waals surface area (Å²) in [4.78, 5) is 29.3. The summed E-state index contributed by atoms with van der Waals surface area (Å²) in [6, 6.07) is 11.7. The minimum atomic E-state index is -0.513. The maximum Gasteiger partial charge on any atom is 0.294 e. The van der Waals surface area contributed by atoms with Crippen molar-refractivity contribution in [3.05, 3.63) is 69.7 Å². The van der Waals surface area contributed by atoms with E-state index in [1.54, 1.807) is 29.1 Å². The molecule has 10 heteroatoms. The number of anilines is 1. The summed E-state index contributed by atoms with van der Waals surface area (Å²) >= 11 is 1.52. The number of hydrogen-bond acceptors (Lipinski definition) is 7. The lowest BCUT2D eigenvalue weighted by Crippen LogP contribution is -2.30. The zero-order valence-corrected chi connectivity index (χ0v) is 17.0. The zero-order chi connectivity index (χ0) is 21.3. The first-order valence-electron chi connectivity index (χ1n) is 9.17. The number of thiophene rings is 1. The van der Waals surface area contributed by atoms with Crippen molar-refractivity contribution in [2.75, 3.05) is 5.43 Å². The van der Waals surface area contributed by atoms with Crippen LogP contribution in [0.1, 0.15) is 30.2 Å². The highest BCUT2D eigenvalue weighted by molar-refractivity contribution is 7.13. The van der Waals surface area contributed by atoms with Crippen LogP contribution in [-0.4, -0.2) is 25.6 Å². The number of amides is 1. The minimum Gasteiger partial charge on any atom is -0.292 e. The van der Waals surface area contributed by atoms with E-state index in [-0.39, 0.29) is 17.4 Å². The Balaban J connectivity index is 1.72. The maximum atomic E-state index is 13.0. The van der Waals surface area contributed by atoms with Gasteiger partial charge in [-0.05, 0) is 37.4 Å². The van der Waals surface area contributed by atoms with Crippen LogP contribution in [0.15, 0.2) is 54.0 Å². The Bertz CT molecular complexity index is 1230. The van der Waals surface area contributed by atoms with E-state index in [0.717, 1.165) is 4.88 Å². The Hall–Kier alpha value is -3.79. The van der Waals surface area contributed by atoms with E-state index in [4.69, 9.17) is 4.98 Å². The first-order chi connectivity index (χ1) is 14.5. The highest BCUT2D eigenvalue weighted by Crippen LogP contribution is 2.29. The molecule has 4 rings (SSSR count). The van der Waals surface area contributed by atoms with Crippen molar-refractivity contribution >= 4 is 39.7 Å². The van der Waals surface area contributed by atoms with Crippen LogP contribution >= 0.6 is 11.3 Å². The van der Waals surface area contributed by atoms with E-state index >= 15 is 0 Å². The molecule has 0 aliphatic heterocycles. The number of nitrogens with zero attached hydrogens (tertiary/aromatic N) is 4. The molecule has 0 fully saturated rings. The van der Waals surface area contributed by atoms with Crippen molar-refractivity contribution in [3.8, 4) is 10.6 Å². The molecule has 3 aromatic heterocycles. The molecule has 30 heavy (non-hydrogen) atoms. The van der Waals surface area contributed by atoms with E-state index in [9.17, 15) is 14.9 Å². The molecule has 0 aliphatic carbocycles. The molecule has 0 aliphatic rings. The van der Waals surface area contributed by atoms with E-state index in [2.05, 4.69) is 16.0 Å². The standard InChI is InChI=1S/C20H18N6O3S/c1-12(2)25-19-14(11-21-25)13(10-16(22-19)18-8-5-9-30-18)20(27)24-23-15-6-3-4-7-17(15)26(28)29/h3-12,23H,1-2H3,(H,24,27). The lowest BCUT2D eigenvalue weighted by Gasteiger charge is -2.11. The molecule has 0 saturated heterocycles. The predicted molar refractivity (Wildman–Crippen MR) is 115 cm³/mol. The summed E-state index contributed by atoms with van der Waals surface area (Å²) in [6.07, 6.45) is 1.61. The Morgan fingerprint density at radius 1 is 1.23 bits per heavy atom. The van der Waals surface area contributed by atoms with Gasteiger partial charge in [0.2, 0.25) is 0 Å². The first-order valence-corrected chi connectivity index (χ1v) is 10.1. The quantitative estimate of drug-likeness (QED) is 0.351. The van der Waals surface area contributed by atoms with Gasteiger partial charge in [-0.2, -0.15) is 5.10 Å². The number of carbonyl (C=O) groups excluding carboxylic acids is 1. The molecule has 152 valence electrons. The van der Waals surface area contributed by atoms with Crippen LogP contribution in [-0.2, 0) is 0 Å². The van der Waals surface area contributed by atoms with Gasteiger partial charge in [0, 0.05) is 12.1 Å². The number of para-hydroxylation sites is 2. The second-order valence-corrected chi connectivity index (χ2v) is 7.75. The number of nitro groups is 1. The minimum absolute atomic E-state index is 0.0644. The van der Waals surface area contributed by atoms with Gasteiger partial charge in [0.25, 0.3) is 11.6 Å². The van der Waals surface area contributed by atoms with Crippen LogP contribution in [0.3, 0.4) is 0 Å². The SMILES string of the molecule is CC(C)n1ncc2c(C(=O)NNc3ccccc3[N+](=O)[O-])cc(-c3cccs3)nc21. The average molecular weight is 422 g/mol. The van der Waals surface area contributed by atoms with Gasteiger partial charge in [0.15, 0.2) is 5.65 Å². The lowest BCUT2D eigenvalue weighted by molar-refractivity contribution is -0.384. The second-order valence-electron chi connectivity index (χ2n) is 6.81. The normalized spacial score (nSPS) is 11.0. The number of aromatic nitrogens is 3. The number of hydrazine groups is 1. The third-order valence-electron chi connectivity index (χ3n) is 4.49. The van der Waals surface area contributed by atoms with Crippen LogP contribution < -0.4 is 10.9 Å². The molecule has 3 heterocycles. The van der Waals surface area contributed by atoms with Gasteiger partial charge in [0.05, 0.1) is 32.6 Å². The van der Waals surface area contributed by atoms with Crippen molar-refractivity contribution < 1.29 is 9.72 Å². The number of fused-ring (bicyclic) bond motifs is 1. The van der Waals surface area contributed by atoms with Crippen molar-refractivity contribution in [1.29, 1.82) is 0 Å². The van der Waals surface area contributed by atoms with Crippen molar-refractivity contribution in [3.63, 3.8) is 0 Å². The first kappa shape index (κ1) is 19.5. The Labute approximate surface area is 175 Å². The monoisotopic (exact) mass is 422 g/mol. The summed E-state index contributed by atoms with van der Waals surface area (Å²) < 4.78 is 1.76. The number of benzene rings is 1. The summed E-state index contributed by atoms with van der Waals surface area (Å²) in [5, 5.41) is 18.1. The van der Waals surface area contributed by atoms with Crippen molar-refractivity contribution in [2.24, 2.45) is 0 Å². The fourth-order valence-electron chi connectivity index (χ4n) is 3.06. The third-order valence-corrected chi connectivity index (χ3v) is 5.38. The summed E-state index contributed by atoms with van der Waals surface area (Å²) in [5.41, 5.74) is 6.91. The number of nitrogens with one attached hydrogen (secondary N) is 2. The topological polar surface area (TPSA) is 115 Å². The Kier molecular flexibility index (Phi) is 5.15. The number of rotatable bonds is 6. The average Bonchev–Trinajstić information content (AvgIpc) is 3.41. The van der Waals surface area contributed by atoms with E-state index in [1.165, 1.54) is 23.5 Å². The summed E-state index contributed by atoms with van der Waals surface area (Å²) in [5.74, 6) is -0.443. The van der Waals surface area contributed by atoms with Gasteiger partial charge in [-0.3, -0.25) is 25.8 Å². The van der Waals surface area contributed by atoms with Crippen LogP contribution in [0.25, 0.3) is 21.6 Å². The molecule has 2 N–H and O–H groups in total. The van der Waals surface area contributed by atoms with Gasteiger partial charge in [-0.1, -0.05) is 18.2 Å². The van der Waals surface area contributed by atoms with Gasteiger partial charge in [0.1, 0.15) is 5.69 Å². The van der Waals surface area contributed by atoms with E-state index in [1.807, 2.05) is 31.4 Å². The molecule has 1 amide bonds. The van der Waals surface area contributed by atoms with Gasteiger partial charge >= 0.3 is 0 Å². The lowest BCUT2D eigenvalue weighted by atomic mass is 10.1. The van der Waals surface area contributed by atoms with E-state index < -0.39 is 10.8 Å². The maximum absolute atomic E-state index is 13.0. The molecule has 9 nitrogen and oxygen atoms in total. The highest BCUT2D eigenvalue weighted by atomic mass is 32.1. The fraction of sp³-hybridized carbons (Fsp3) is 0.150. The van der Waals surface area contributed by atoms with Gasteiger partial charge in [-0.25, -0.2) is 9.67 Å². The molecule has 0 spiro atoms. The van der Waals surface area contributed by atoms with Crippen LogP contribution in [0.2, 0.25) is 0 Å². The van der Waals surface area contributed by atoms with Crippen LogP contribution in [0.5, 0.6) is 0 Å². The fourth-order valence-corrected chi connectivity index (χ4v) is 3.75. The third kappa shape index (κ3) is 3.60. The molecular weight excluding hydrogens is 404 g/mol. The highest BCUT2D eigenvalue weighted by Gasteiger charge is 2.20. The molecule has 0 unspecified atom stereocenters. The van der Waals surface area contributed by atoms with Gasteiger partial charge < -0.3 is 0 Å². The zero-order valence-electron chi connectivity index (χ0n) is 16.2. The van der Waals surface area contributed by atoms with E-state index in [0.29, 0.717) is 22.3 Å². The Morgan fingerprint density at radius 3 is 2.73 bits per heavy atom. The summed E-state index contributed by atoms with van der Waals surface area (Å²) in [7, 11) is 0. The number of carbonyl (C=O) groups is 1. The molecule has 1 aromatic carbocycles. The number of pyridine rings is 1. The largest absolute Gasteiger partial charge is 0.294 e. The molecule has 0 bridgehead atoms. The van der Waals surface area contributed by atoms with Crippen LogP contribution in [0.4, 0.5) is 11.4 Å². The predicted octanol–water partition coefficient (Wildman–Crippen LogP) is 4.41. The van der Waals surface area contributed by atoms with Gasteiger partial charge in [-0.15, -0.1) is 11.3 Å². The number of hydrogen-bond donors (Lipinski definition) is 2. The molecule has 0 radical (unpaired) electrons. The van der Waals surface area contributed by atoms with Crippen LogP contribution in [0, 0.1) is 10.1 Å². The van der Waals surface area contributed by atoms with Crippen molar-refractivity contribution in [1.82, 2.24) is 20.2 Å². The van der Waals surface area contributed by atoms with Crippen molar-refractivity contribution in [2.45, 2.75) is 19.9 Å². The number of nitro benzene ring substituents is 1.